The summed E-state index contributed by atoms with van der Waals surface area (Å²) in [5, 5.41) is 13.0. The van der Waals surface area contributed by atoms with E-state index in [1.54, 1.807) is 0 Å². The van der Waals surface area contributed by atoms with Gasteiger partial charge in [0.1, 0.15) is 6.04 Å². The molecule has 1 saturated heterocycles. The SMILES string of the molecule is CN1CCCCC1C(=O)NC(CCCCNS(N)(=O)=O)C(=O)Nc1nc(-c2ccccc2)cs1. The van der Waals surface area contributed by atoms with Crippen LogP contribution in [0.5, 0.6) is 0 Å². The molecule has 1 aliphatic heterocycles. The summed E-state index contributed by atoms with van der Waals surface area (Å²) in [6.45, 7) is 1.01. The fourth-order valence-corrected chi connectivity index (χ4v) is 5.05. The number of likely N-dealkylation sites (tertiary alicyclic amines) is 1. The maximum absolute atomic E-state index is 13.1. The minimum Gasteiger partial charge on any atom is -0.343 e. The normalized spacial score (nSPS) is 17.8. The molecule has 5 N–H and O–H groups in total. The van der Waals surface area contributed by atoms with Crippen LogP contribution in [0.3, 0.4) is 0 Å². The highest BCUT2D eigenvalue weighted by Crippen LogP contribution is 2.25. The lowest BCUT2D eigenvalue weighted by atomic mass is 10.0. The van der Waals surface area contributed by atoms with E-state index in [9.17, 15) is 18.0 Å². The number of carbonyl (C=O) groups is 2. The quantitative estimate of drug-likeness (QED) is 0.340. The third-order valence-electron chi connectivity index (χ3n) is 5.73. The molecule has 2 unspecified atom stereocenters. The Bertz CT molecular complexity index is 1060. The van der Waals surface area contributed by atoms with Crippen molar-refractivity contribution in [1.82, 2.24) is 19.9 Å². The Morgan fingerprint density at radius 3 is 2.71 bits per heavy atom. The van der Waals surface area contributed by atoms with E-state index in [1.807, 2.05) is 47.7 Å². The number of carbonyl (C=O) groups excluding carboxylic acids is 2. The number of piperidine rings is 1. The molecule has 1 aromatic heterocycles. The molecular formula is C22H32N6O4S2. The Hall–Kier alpha value is -2.38. The highest BCUT2D eigenvalue weighted by atomic mass is 32.2. The van der Waals surface area contributed by atoms with Gasteiger partial charge in [-0.15, -0.1) is 11.3 Å². The van der Waals surface area contributed by atoms with Gasteiger partial charge in [0.25, 0.3) is 10.2 Å². The molecule has 2 aromatic rings. The predicted molar refractivity (Wildman–Crippen MR) is 133 cm³/mol. The van der Waals surface area contributed by atoms with E-state index in [2.05, 4.69) is 20.3 Å². The smallest absolute Gasteiger partial charge is 0.274 e. The third-order valence-corrected chi connectivity index (χ3v) is 7.10. The molecule has 2 atom stereocenters. The van der Waals surface area contributed by atoms with Gasteiger partial charge in [-0.3, -0.25) is 14.5 Å². The monoisotopic (exact) mass is 508 g/mol. The molecule has 0 radical (unpaired) electrons. The number of nitrogens with one attached hydrogen (secondary N) is 3. The first-order chi connectivity index (χ1) is 16.2. The first kappa shape index (κ1) is 26.2. The summed E-state index contributed by atoms with van der Waals surface area (Å²) in [4.78, 5) is 32.5. The first-order valence-electron chi connectivity index (χ1n) is 11.3. The average Bonchev–Trinajstić information content (AvgIpc) is 3.26. The molecule has 2 amide bonds. The standard InChI is InChI=1S/C22H32N6O4S2/c1-28-14-8-6-12-19(28)21(30)25-17(11-5-7-13-24-34(23,31)32)20(29)27-22-26-18(15-33-22)16-9-3-2-4-10-16/h2-4,9-10,15,17,19,24H,5-8,11-14H2,1H3,(H,25,30)(H2,23,31,32)(H,26,27,29). The predicted octanol–water partition coefficient (Wildman–Crippen LogP) is 1.68. The molecule has 3 rings (SSSR count). The average molecular weight is 509 g/mol. The van der Waals surface area contributed by atoms with Crippen LogP contribution in [0.1, 0.15) is 38.5 Å². The van der Waals surface area contributed by atoms with Gasteiger partial charge < -0.3 is 10.6 Å². The second kappa shape index (κ2) is 12.4. The van der Waals surface area contributed by atoms with Crippen molar-refractivity contribution in [2.24, 2.45) is 5.14 Å². The number of amides is 2. The molecule has 1 aliphatic rings. The van der Waals surface area contributed by atoms with Crippen LogP contribution >= 0.6 is 11.3 Å². The number of aromatic nitrogens is 1. The molecule has 12 heteroatoms. The number of benzene rings is 1. The molecule has 2 heterocycles. The number of anilines is 1. The lowest BCUT2D eigenvalue weighted by Crippen LogP contribution is -2.53. The van der Waals surface area contributed by atoms with Crippen LogP contribution in [0.2, 0.25) is 0 Å². The van der Waals surface area contributed by atoms with Crippen LogP contribution in [0.15, 0.2) is 35.7 Å². The van der Waals surface area contributed by atoms with E-state index in [4.69, 9.17) is 5.14 Å². The lowest BCUT2D eigenvalue weighted by molar-refractivity contribution is -0.131. The Morgan fingerprint density at radius 1 is 1.24 bits per heavy atom. The van der Waals surface area contributed by atoms with Crippen molar-refractivity contribution >= 4 is 38.5 Å². The third kappa shape index (κ3) is 8.13. The second-order valence-corrected chi connectivity index (χ2v) is 10.6. The van der Waals surface area contributed by atoms with E-state index >= 15 is 0 Å². The number of unbranched alkanes of at least 4 members (excludes halogenated alkanes) is 1. The molecule has 0 saturated carbocycles. The molecule has 0 bridgehead atoms. The number of rotatable bonds is 11. The maximum Gasteiger partial charge on any atom is 0.274 e. The molecule has 34 heavy (non-hydrogen) atoms. The molecule has 1 fully saturated rings. The van der Waals surface area contributed by atoms with Crippen LogP contribution in [-0.2, 0) is 19.8 Å². The zero-order valence-electron chi connectivity index (χ0n) is 19.2. The van der Waals surface area contributed by atoms with Crippen LogP contribution in [0.25, 0.3) is 11.3 Å². The number of nitrogens with two attached hydrogens (primary N) is 1. The molecule has 1 aromatic carbocycles. The summed E-state index contributed by atoms with van der Waals surface area (Å²) in [7, 11) is -1.84. The fourth-order valence-electron chi connectivity index (χ4n) is 3.90. The van der Waals surface area contributed by atoms with Gasteiger partial charge >= 0.3 is 0 Å². The lowest BCUT2D eigenvalue weighted by Gasteiger charge is -2.32. The zero-order chi connectivity index (χ0) is 24.6. The summed E-state index contributed by atoms with van der Waals surface area (Å²) in [5.41, 5.74) is 1.71. The van der Waals surface area contributed by atoms with Crippen molar-refractivity contribution in [1.29, 1.82) is 0 Å². The zero-order valence-corrected chi connectivity index (χ0v) is 20.8. The van der Waals surface area contributed by atoms with E-state index < -0.39 is 16.3 Å². The Kier molecular flexibility index (Phi) is 9.54. The number of nitrogens with zero attached hydrogens (tertiary/aromatic N) is 2. The molecular weight excluding hydrogens is 476 g/mol. The Balaban J connectivity index is 1.63. The first-order valence-corrected chi connectivity index (χ1v) is 13.8. The summed E-state index contributed by atoms with van der Waals surface area (Å²) in [6.07, 6.45) is 4.14. The van der Waals surface area contributed by atoms with E-state index in [-0.39, 0.29) is 24.4 Å². The van der Waals surface area contributed by atoms with Crippen LogP contribution in [0, 0.1) is 0 Å². The van der Waals surface area contributed by atoms with Gasteiger partial charge in [0, 0.05) is 17.5 Å². The van der Waals surface area contributed by atoms with Crippen molar-refractivity contribution < 1.29 is 18.0 Å². The minimum absolute atomic E-state index is 0.166. The summed E-state index contributed by atoms with van der Waals surface area (Å²) >= 11 is 1.32. The number of hydrogen-bond donors (Lipinski definition) is 4. The van der Waals surface area contributed by atoms with Crippen LogP contribution in [0.4, 0.5) is 5.13 Å². The highest BCUT2D eigenvalue weighted by molar-refractivity contribution is 7.87. The molecule has 186 valence electrons. The number of thiazole rings is 1. The number of hydrogen-bond acceptors (Lipinski definition) is 7. The highest BCUT2D eigenvalue weighted by Gasteiger charge is 2.29. The topological polar surface area (TPSA) is 147 Å². The second-order valence-electron chi connectivity index (χ2n) is 8.38. The van der Waals surface area contributed by atoms with Crippen LogP contribution in [-0.4, -0.2) is 62.3 Å². The van der Waals surface area contributed by atoms with Gasteiger partial charge in [0.2, 0.25) is 11.8 Å². The van der Waals surface area contributed by atoms with Crippen molar-refractivity contribution in [3.63, 3.8) is 0 Å². The molecule has 0 spiro atoms. The van der Waals surface area contributed by atoms with Gasteiger partial charge in [-0.2, -0.15) is 8.42 Å². The van der Waals surface area contributed by atoms with Crippen molar-refractivity contribution in [2.75, 3.05) is 25.5 Å². The molecule has 0 aliphatic carbocycles. The Morgan fingerprint density at radius 2 is 2.00 bits per heavy atom. The van der Waals surface area contributed by atoms with Gasteiger partial charge in [-0.05, 0) is 45.7 Å². The summed E-state index contributed by atoms with van der Waals surface area (Å²) in [6, 6.07) is 8.63. The van der Waals surface area contributed by atoms with Gasteiger partial charge in [0.15, 0.2) is 5.13 Å². The van der Waals surface area contributed by atoms with Gasteiger partial charge in [-0.25, -0.2) is 14.8 Å². The van der Waals surface area contributed by atoms with Crippen molar-refractivity contribution in [3.05, 3.63) is 35.7 Å². The Labute approximate surface area is 204 Å². The van der Waals surface area contributed by atoms with E-state index in [1.165, 1.54) is 11.3 Å². The summed E-state index contributed by atoms with van der Waals surface area (Å²) < 4.78 is 24.3. The minimum atomic E-state index is -3.75. The summed E-state index contributed by atoms with van der Waals surface area (Å²) in [5.74, 6) is -0.519. The number of likely N-dealkylation sites (N-methyl/N-ethyl adjacent to an activating group) is 1. The van der Waals surface area contributed by atoms with Gasteiger partial charge in [0.05, 0.1) is 11.7 Å². The van der Waals surface area contributed by atoms with Crippen LogP contribution < -0.4 is 20.5 Å². The van der Waals surface area contributed by atoms with E-state index in [0.29, 0.717) is 24.4 Å². The largest absolute Gasteiger partial charge is 0.343 e. The van der Waals surface area contributed by atoms with Crippen molar-refractivity contribution in [3.8, 4) is 11.3 Å². The maximum atomic E-state index is 13.1. The molecule has 10 nitrogen and oxygen atoms in total. The van der Waals surface area contributed by atoms with Crippen molar-refractivity contribution in [2.45, 2.75) is 50.6 Å². The van der Waals surface area contributed by atoms with E-state index in [0.717, 1.165) is 37.1 Å². The van der Waals surface area contributed by atoms with Gasteiger partial charge in [-0.1, -0.05) is 36.8 Å². The fraction of sp³-hybridized carbons (Fsp3) is 0.500.